The number of hydrogen-bond acceptors (Lipinski definition) is 6. The SMILES string of the molecule is CC/C(C(=O)OC(C)OC(=O)/C(C)=C1\CCCCN1)=C1\CCCCN1. The van der Waals surface area contributed by atoms with Crippen molar-refractivity contribution in [2.24, 2.45) is 0 Å². The summed E-state index contributed by atoms with van der Waals surface area (Å²) in [4.78, 5) is 24.6. The number of piperidine rings is 2. The van der Waals surface area contributed by atoms with Crippen LogP contribution in [0.2, 0.25) is 0 Å². The quantitative estimate of drug-likeness (QED) is 0.451. The van der Waals surface area contributed by atoms with Gasteiger partial charge in [-0.25, -0.2) is 9.59 Å². The topological polar surface area (TPSA) is 76.7 Å². The van der Waals surface area contributed by atoms with Gasteiger partial charge in [0, 0.05) is 31.4 Å². The first-order chi connectivity index (χ1) is 12.0. The lowest BCUT2D eigenvalue weighted by molar-refractivity contribution is -0.179. The molecule has 6 nitrogen and oxygen atoms in total. The van der Waals surface area contributed by atoms with Crippen LogP contribution in [0.15, 0.2) is 22.5 Å². The van der Waals surface area contributed by atoms with Gasteiger partial charge in [0.05, 0.1) is 11.1 Å². The third kappa shape index (κ3) is 5.51. The monoisotopic (exact) mass is 350 g/mol. The highest BCUT2D eigenvalue weighted by Gasteiger charge is 2.22. The highest BCUT2D eigenvalue weighted by molar-refractivity contribution is 5.90. The minimum atomic E-state index is -0.912. The normalized spacial score (nSPS) is 22.8. The summed E-state index contributed by atoms with van der Waals surface area (Å²) in [5.41, 5.74) is 3.09. The van der Waals surface area contributed by atoms with Gasteiger partial charge in [-0.05, 0) is 51.9 Å². The van der Waals surface area contributed by atoms with Crippen molar-refractivity contribution in [2.75, 3.05) is 13.1 Å². The average molecular weight is 350 g/mol. The van der Waals surface area contributed by atoms with Gasteiger partial charge in [-0.2, -0.15) is 0 Å². The van der Waals surface area contributed by atoms with Gasteiger partial charge in [0.25, 0.3) is 0 Å². The fraction of sp³-hybridized carbons (Fsp3) is 0.684. The summed E-state index contributed by atoms with van der Waals surface area (Å²) in [5.74, 6) is -0.848. The number of nitrogens with one attached hydrogen (secondary N) is 2. The molecule has 1 unspecified atom stereocenters. The Kier molecular flexibility index (Phi) is 7.34. The Morgan fingerprint density at radius 1 is 0.960 bits per heavy atom. The molecule has 1 atom stereocenters. The van der Waals surface area contributed by atoms with E-state index in [9.17, 15) is 9.59 Å². The molecule has 2 rings (SSSR count). The van der Waals surface area contributed by atoms with E-state index < -0.39 is 18.2 Å². The van der Waals surface area contributed by atoms with E-state index in [0.717, 1.165) is 63.0 Å². The highest BCUT2D eigenvalue weighted by Crippen LogP contribution is 2.20. The molecule has 0 saturated carbocycles. The van der Waals surface area contributed by atoms with Gasteiger partial charge in [-0.3, -0.25) is 0 Å². The number of rotatable bonds is 5. The number of allylic oxidation sites excluding steroid dienone is 2. The van der Waals surface area contributed by atoms with Crippen molar-refractivity contribution in [1.82, 2.24) is 10.6 Å². The van der Waals surface area contributed by atoms with Crippen molar-refractivity contribution in [3.05, 3.63) is 22.5 Å². The van der Waals surface area contributed by atoms with Crippen LogP contribution in [0.25, 0.3) is 0 Å². The van der Waals surface area contributed by atoms with Gasteiger partial charge >= 0.3 is 11.9 Å². The Hall–Kier alpha value is -1.98. The Morgan fingerprint density at radius 2 is 1.52 bits per heavy atom. The van der Waals surface area contributed by atoms with Crippen LogP contribution in [0.4, 0.5) is 0 Å². The van der Waals surface area contributed by atoms with Crippen LogP contribution in [0, 0.1) is 0 Å². The summed E-state index contributed by atoms with van der Waals surface area (Å²) in [5, 5.41) is 6.52. The summed E-state index contributed by atoms with van der Waals surface area (Å²) in [6, 6.07) is 0. The number of ether oxygens (including phenoxy) is 2. The number of hydrogen-bond donors (Lipinski definition) is 2. The molecule has 0 radical (unpaired) electrons. The van der Waals surface area contributed by atoms with E-state index in [1.54, 1.807) is 13.8 Å². The number of esters is 2. The smallest absolute Gasteiger partial charge is 0.338 e. The van der Waals surface area contributed by atoms with E-state index in [-0.39, 0.29) is 0 Å². The summed E-state index contributed by atoms with van der Waals surface area (Å²) < 4.78 is 10.6. The van der Waals surface area contributed by atoms with E-state index in [1.165, 1.54) is 0 Å². The maximum Gasteiger partial charge on any atom is 0.338 e. The van der Waals surface area contributed by atoms with Crippen molar-refractivity contribution < 1.29 is 19.1 Å². The molecule has 2 heterocycles. The predicted octanol–water partition coefficient (Wildman–Crippen LogP) is 2.90. The van der Waals surface area contributed by atoms with Crippen LogP contribution in [0.5, 0.6) is 0 Å². The van der Waals surface area contributed by atoms with Crippen LogP contribution >= 0.6 is 0 Å². The molecule has 2 fully saturated rings. The molecule has 0 aromatic carbocycles. The van der Waals surface area contributed by atoms with Crippen LogP contribution in [0.1, 0.15) is 65.7 Å². The van der Waals surface area contributed by atoms with Gasteiger partial charge in [0.15, 0.2) is 0 Å². The molecule has 2 aliphatic rings. The molecule has 6 heteroatoms. The molecule has 0 bridgehead atoms. The van der Waals surface area contributed by atoms with E-state index in [0.29, 0.717) is 17.6 Å². The van der Waals surface area contributed by atoms with Gasteiger partial charge in [-0.15, -0.1) is 0 Å². The maximum atomic E-state index is 12.4. The Bertz CT molecular complexity index is 550. The van der Waals surface area contributed by atoms with Crippen LogP contribution in [-0.2, 0) is 19.1 Å². The molecule has 2 N–H and O–H groups in total. The minimum absolute atomic E-state index is 0.409. The van der Waals surface area contributed by atoms with Crippen LogP contribution in [0.3, 0.4) is 0 Å². The first-order valence-electron chi connectivity index (χ1n) is 9.34. The zero-order valence-corrected chi connectivity index (χ0v) is 15.6. The van der Waals surface area contributed by atoms with Crippen molar-refractivity contribution in [1.29, 1.82) is 0 Å². The third-order valence-corrected chi connectivity index (χ3v) is 4.65. The molecule has 0 aliphatic carbocycles. The second-order valence-corrected chi connectivity index (χ2v) is 6.56. The predicted molar refractivity (Wildman–Crippen MR) is 95.4 cm³/mol. The second kappa shape index (κ2) is 9.49. The maximum absolute atomic E-state index is 12.4. The van der Waals surface area contributed by atoms with Crippen LogP contribution < -0.4 is 10.6 Å². The van der Waals surface area contributed by atoms with Crippen molar-refractivity contribution >= 4 is 11.9 Å². The van der Waals surface area contributed by atoms with E-state index in [2.05, 4.69) is 10.6 Å². The van der Waals surface area contributed by atoms with Crippen molar-refractivity contribution in [2.45, 2.75) is 72.0 Å². The van der Waals surface area contributed by atoms with Gasteiger partial charge in [-0.1, -0.05) is 6.92 Å². The standard InChI is InChI=1S/C19H30N2O4/c1-4-15(17-10-6-8-12-21-17)19(23)25-14(3)24-18(22)13(2)16-9-5-7-11-20-16/h14,20-21H,4-12H2,1-3H3/b16-13+,17-15-. The van der Waals surface area contributed by atoms with Gasteiger partial charge in [0.2, 0.25) is 6.29 Å². The molecule has 25 heavy (non-hydrogen) atoms. The Balaban J connectivity index is 1.93. The average Bonchev–Trinajstić information content (AvgIpc) is 2.63. The second-order valence-electron chi connectivity index (χ2n) is 6.56. The van der Waals surface area contributed by atoms with E-state index >= 15 is 0 Å². The first-order valence-corrected chi connectivity index (χ1v) is 9.34. The Labute approximate surface area is 150 Å². The van der Waals surface area contributed by atoms with Gasteiger partial charge in [0.1, 0.15) is 0 Å². The van der Waals surface area contributed by atoms with Crippen molar-refractivity contribution in [3.63, 3.8) is 0 Å². The van der Waals surface area contributed by atoms with E-state index in [4.69, 9.17) is 9.47 Å². The van der Waals surface area contributed by atoms with Crippen molar-refractivity contribution in [3.8, 4) is 0 Å². The molecule has 0 aromatic rings. The van der Waals surface area contributed by atoms with Crippen LogP contribution in [-0.4, -0.2) is 31.3 Å². The molecular weight excluding hydrogens is 320 g/mol. The lowest BCUT2D eigenvalue weighted by Crippen LogP contribution is -2.28. The minimum Gasteiger partial charge on any atom is -0.422 e. The largest absolute Gasteiger partial charge is 0.422 e. The highest BCUT2D eigenvalue weighted by atomic mass is 16.7. The fourth-order valence-electron chi connectivity index (χ4n) is 3.18. The number of carbonyl (C=O) groups is 2. The lowest BCUT2D eigenvalue weighted by atomic mass is 10.0. The first kappa shape index (κ1) is 19.3. The Morgan fingerprint density at radius 3 is 2.04 bits per heavy atom. The zero-order valence-electron chi connectivity index (χ0n) is 15.6. The summed E-state index contributed by atoms with van der Waals surface area (Å²) in [6.07, 6.45) is 5.77. The summed E-state index contributed by atoms with van der Waals surface area (Å²) in [7, 11) is 0. The molecule has 2 aliphatic heterocycles. The molecule has 0 aromatic heterocycles. The molecule has 0 amide bonds. The molecule has 140 valence electrons. The zero-order chi connectivity index (χ0) is 18.2. The third-order valence-electron chi connectivity index (χ3n) is 4.65. The number of carbonyl (C=O) groups excluding carboxylic acids is 2. The van der Waals surface area contributed by atoms with E-state index in [1.807, 2.05) is 6.92 Å². The summed E-state index contributed by atoms with van der Waals surface area (Å²) >= 11 is 0. The lowest BCUT2D eigenvalue weighted by Gasteiger charge is -2.22. The molecular formula is C19H30N2O4. The van der Waals surface area contributed by atoms with Gasteiger partial charge < -0.3 is 20.1 Å². The molecule has 2 saturated heterocycles. The molecule has 0 spiro atoms. The fourth-order valence-corrected chi connectivity index (χ4v) is 3.18. The summed E-state index contributed by atoms with van der Waals surface area (Å²) in [6.45, 7) is 7.02.